The number of carbonyl (C=O) groups is 1. The van der Waals surface area contributed by atoms with Gasteiger partial charge in [0.25, 0.3) is 11.5 Å². The highest BCUT2D eigenvalue weighted by Gasteiger charge is 2.38. The van der Waals surface area contributed by atoms with Crippen LogP contribution in [0, 0.1) is 18.8 Å². The molecule has 0 radical (unpaired) electrons. The molecule has 2 aliphatic heterocycles. The molecule has 0 aliphatic carbocycles. The summed E-state index contributed by atoms with van der Waals surface area (Å²) in [6.45, 7) is 5.33. The fraction of sp³-hybridized carbons (Fsp3) is 0.438. The quantitative estimate of drug-likeness (QED) is 0.822. The first kappa shape index (κ1) is 13.5. The van der Waals surface area contributed by atoms with E-state index in [0.717, 1.165) is 31.7 Å². The van der Waals surface area contributed by atoms with E-state index in [9.17, 15) is 9.59 Å². The van der Waals surface area contributed by atoms with Gasteiger partial charge in [0.2, 0.25) is 0 Å². The Labute approximate surface area is 127 Å². The molecule has 2 aromatic rings. The second kappa shape index (κ2) is 4.91. The summed E-state index contributed by atoms with van der Waals surface area (Å²) >= 11 is 0. The maximum absolute atomic E-state index is 12.7. The smallest absolute Gasteiger partial charge is 0.270 e. The molecule has 1 N–H and O–H groups in total. The summed E-state index contributed by atoms with van der Waals surface area (Å²) in [5.74, 6) is 0.840. The SMILES string of the molecule is Cc1ccn2c(=O)c(C(=O)N3C[C@H]4CNC[C@H]4C3)cnc2c1. The predicted octanol–water partition coefficient (Wildman–Crippen LogP) is 0.294. The van der Waals surface area contributed by atoms with Gasteiger partial charge in [-0.15, -0.1) is 0 Å². The number of hydrogen-bond acceptors (Lipinski definition) is 4. The van der Waals surface area contributed by atoms with Crippen molar-refractivity contribution in [1.82, 2.24) is 19.6 Å². The molecule has 6 heteroatoms. The number of amides is 1. The number of aromatic nitrogens is 2. The van der Waals surface area contributed by atoms with Crippen LogP contribution >= 0.6 is 0 Å². The molecule has 0 aromatic carbocycles. The van der Waals surface area contributed by atoms with Gasteiger partial charge < -0.3 is 10.2 Å². The number of pyridine rings is 1. The van der Waals surface area contributed by atoms with Gasteiger partial charge in [-0.1, -0.05) is 0 Å². The van der Waals surface area contributed by atoms with Crippen LogP contribution in [0.2, 0.25) is 0 Å². The molecule has 0 spiro atoms. The lowest BCUT2D eigenvalue weighted by Gasteiger charge is -2.17. The highest BCUT2D eigenvalue weighted by atomic mass is 16.2. The normalized spacial score (nSPS) is 24.0. The molecule has 6 nitrogen and oxygen atoms in total. The Morgan fingerprint density at radius 1 is 1.32 bits per heavy atom. The number of hydrogen-bond donors (Lipinski definition) is 1. The van der Waals surface area contributed by atoms with Crippen LogP contribution in [-0.4, -0.2) is 46.4 Å². The van der Waals surface area contributed by atoms with Gasteiger partial charge in [0.1, 0.15) is 11.2 Å². The Morgan fingerprint density at radius 2 is 2.05 bits per heavy atom. The van der Waals surface area contributed by atoms with Crippen molar-refractivity contribution in [1.29, 1.82) is 0 Å². The van der Waals surface area contributed by atoms with Crippen LogP contribution in [0.5, 0.6) is 0 Å². The number of likely N-dealkylation sites (tertiary alicyclic amines) is 1. The number of carbonyl (C=O) groups excluding carboxylic acids is 1. The predicted molar refractivity (Wildman–Crippen MR) is 82.0 cm³/mol. The molecule has 1 amide bonds. The Morgan fingerprint density at radius 3 is 2.77 bits per heavy atom. The molecule has 2 fully saturated rings. The van der Waals surface area contributed by atoms with Crippen molar-refractivity contribution in [3.05, 3.63) is 46.0 Å². The van der Waals surface area contributed by atoms with Gasteiger partial charge in [-0.05, 0) is 36.5 Å². The third-order valence-corrected chi connectivity index (χ3v) is 4.77. The van der Waals surface area contributed by atoms with E-state index < -0.39 is 0 Å². The molecule has 114 valence electrons. The van der Waals surface area contributed by atoms with E-state index in [-0.39, 0.29) is 17.0 Å². The van der Waals surface area contributed by atoms with Crippen LogP contribution in [0.3, 0.4) is 0 Å². The summed E-state index contributed by atoms with van der Waals surface area (Å²) in [5.41, 5.74) is 1.48. The zero-order valence-corrected chi connectivity index (χ0v) is 12.5. The van der Waals surface area contributed by atoms with Crippen LogP contribution in [-0.2, 0) is 0 Å². The third kappa shape index (κ3) is 2.02. The Kier molecular flexibility index (Phi) is 3.00. The van der Waals surface area contributed by atoms with Crippen molar-refractivity contribution >= 4 is 11.6 Å². The summed E-state index contributed by atoms with van der Waals surface area (Å²) in [7, 11) is 0. The van der Waals surface area contributed by atoms with E-state index in [2.05, 4.69) is 10.3 Å². The van der Waals surface area contributed by atoms with Gasteiger partial charge in [0.15, 0.2) is 0 Å². The van der Waals surface area contributed by atoms with E-state index in [1.807, 2.05) is 19.1 Å². The molecule has 0 unspecified atom stereocenters. The van der Waals surface area contributed by atoms with Crippen molar-refractivity contribution in [2.75, 3.05) is 26.2 Å². The average Bonchev–Trinajstić information content (AvgIpc) is 3.08. The van der Waals surface area contributed by atoms with Gasteiger partial charge in [-0.3, -0.25) is 14.0 Å². The van der Waals surface area contributed by atoms with Crippen LogP contribution < -0.4 is 10.9 Å². The van der Waals surface area contributed by atoms with Crippen LogP contribution in [0.15, 0.2) is 29.3 Å². The summed E-state index contributed by atoms with van der Waals surface area (Å²) in [6, 6.07) is 3.68. The molecule has 2 saturated heterocycles. The Bertz CT molecular complexity index is 801. The molecule has 0 bridgehead atoms. The zero-order chi connectivity index (χ0) is 15.3. The summed E-state index contributed by atoms with van der Waals surface area (Å²) < 4.78 is 1.44. The first-order valence-corrected chi connectivity index (χ1v) is 7.61. The number of aryl methyl sites for hydroxylation is 1. The summed E-state index contributed by atoms with van der Waals surface area (Å²) in [6.07, 6.45) is 3.10. The molecule has 4 heterocycles. The first-order chi connectivity index (χ1) is 10.6. The molecule has 2 aromatic heterocycles. The molecular weight excluding hydrogens is 280 g/mol. The minimum atomic E-state index is -0.287. The Balaban J connectivity index is 1.69. The highest BCUT2D eigenvalue weighted by Crippen LogP contribution is 2.26. The van der Waals surface area contributed by atoms with E-state index in [1.54, 1.807) is 11.1 Å². The minimum Gasteiger partial charge on any atom is -0.338 e. The van der Waals surface area contributed by atoms with Gasteiger partial charge in [0, 0.05) is 38.6 Å². The molecular formula is C16H18N4O2. The fourth-order valence-corrected chi connectivity index (χ4v) is 3.51. The van der Waals surface area contributed by atoms with Gasteiger partial charge in [-0.2, -0.15) is 0 Å². The first-order valence-electron chi connectivity index (χ1n) is 7.61. The second-order valence-corrected chi connectivity index (χ2v) is 6.30. The van der Waals surface area contributed by atoms with E-state index in [0.29, 0.717) is 17.5 Å². The number of nitrogens with zero attached hydrogens (tertiary/aromatic N) is 3. The third-order valence-electron chi connectivity index (χ3n) is 4.77. The largest absolute Gasteiger partial charge is 0.338 e. The molecule has 2 atom stereocenters. The van der Waals surface area contributed by atoms with Crippen LogP contribution in [0.25, 0.3) is 5.65 Å². The molecule has 4 rings (SSSR count). The van der Waals surface area contributed by atoms with E-state index in [4.69, 9.17) is 0 Å². The standard InChI is InChI=1S/C16H18N4O2/c1-10-2-3-20-14(4-10)18-7-13(16(20)22)15(21)19-8-11-5-17-6-12(11)9-19/h2-4,7,11-12,17H,5-6,8-9H2,1H3/t11-,12+. The van der Waals surface area contributed by atoms with E-state index >= 15 is 0 Å². The second-order valence-electron chi connectivity index (χ2n) is 6.30. The maximum atomic E-state index is 12.7. The number of rotatable bonds is 1. The molecule has 2 aliphatic rings. The summed E-state index contributed by atoms with van der Waals surface area (Å²) in [5, 5.41) is 3.35. The maximum Gasteiger partial charge on any atom is 0.270 e. The Hall–Kier alpha value is -2.21. The monoisotopic (exact) mass is 298 g/mol. The molecule has 0 saturated carbocycles. The average molecular weight is 298 g/mol. The lowest BCUT2D eigenvalue weighted by Crippen LogP contribution is -2.36. The minimum absolute atomic E-state index is 0.161. The summed E-state index contributed by atoms with van der Waals surface area (Å²) in [4.78, 5) is 31.3. The van der Waals surface area contributed by atoms with Gasteiger partial charge in [0.05, 0.1) is 0 Å². The number of nitrogens with one attached hydrogen (secondary N) is 1. The van der Waals surface area contributed by atoms with Crippen LogP contribution in [0.1, 0.15) is 15.9 Å². The van der Waals surface area contributed by atoms with Crippen molar-refractivity contribution < 1.29 is 4.79 Å². The fourth-order valence-electron chi connectivity index (χ4n) is 3.51. The lowest BCUT2D eigenvalue weighted by atomic mass is 10.0. The topological polar surface area (TPSA) is 66.7 Å². The van der Waals surface area contributed by atoms with Crippen LogP contribution in [0.4, 0.5) is 0 Å². The van der Waals surface area contributed by atoms with Crippen molar-refractivity contribution in [3.63, 3.8) is 0 Å². The lowest BCUT2D eigenvalue weighted by molar-refractivity contribution is 0.0779. The van der Waals surface area contributed by atoms with Crippen molar-refractivity contribution in [3.8, 4) is 0 Å². The zero-order valence-electron chi connectivity index (χ0n) is 12.5. The number of fused-ring (bicyclic) bond motifs is 2. The highest BCUT2D eigenvalue weighted by molar-refractivity contribution is 5.94. The van der Waals surface area contributed by atoms with Gasteiger partial charge in [-0.25, -0.2) is 4.98 Å². The van der Waals surface area contributed by atoms with E-state index in [1.165, 1.54) is 10.6 Å². The van der Waals surface area contributed by atoms with Gasteiger partial charge >= 0.3 is 0 Å². The van der Waals surface area contributed by atoms with Crippen molar-refractivity contribution in [2.24, 2.45) is 11.8 Å². The molecule has 22 heavy (non-hydrogen) atoms. The van der Waals surface area contributed by atoms with Crippen molar-refractivity contribution in [2.45, 2.75) is 6.92 Å².